The first-order valence-corrected chi connectivity index (χ1v) is 4.48. The van der Waals surface area contributed by atoms with E-state index in [0.717, 1.165) is 17.1 Å². The van der Waals surface area contributed by atoms with E-state index in [4.69, 9.17) is 5.73 Å². The van der Waals surface area contributed by atoms with Crippen molar-refractivity contribution in [3.05, 3.63) is 23.3 Å². The van der Waals surface area contributed by atoms with Crippen molar-refractivity contribution in [2.75, 3.05) is 0 Å². The van der Waals surface area contributed by atoms with Gasteiger partial charge in [0.25, 0.3) is 0 Å². The lowest BCUT2D eigenvalue weighted by Crippen LogP contribution is -2.19. The van der Waals surface area contributed by atoms with Gasteiger partial charge in [-0.05, 0) is 6.92 Å². The molecule has 0 aliphatic carbocycles. The van der Waals surface area contributed by atoms with Gasteiger partial charge in [-0.25, -0.2) is 9.97 Å². The van der Waals surface area contributed by atoms with Crippen molar-refractivity contribution in [2.45, 2.75) is 39.7 Å². The number of rotatable bonds is 1. The Morgan fingerprint density at radius 3 is 2.46 bits per heavy atom. The van der Waals surface area contributed by atoms with E-state index >= 15 is 0 Å². The van der Waals surface area contributed by atoms with Crippen LogP contribution in [0, 0.1) is 6.92 Å². The van der Waals surface area contributed by atoms with Crippen LogP contribution in [-0.4, -0.2) is 9.97 Å². The fourth-order valence-corrected chi connectivity index (χ4v) is 1.29. The molecule has 13 heavy (non-hydrogen) atoms. The molecule has 0 saturated carbocycles. The summed E-state index contributed by atoms with van der Waals surface area (Å²) in [5.41, 5.74) is 7.76. The average Bonchev–Trinajstić information content (AvgIpc) is 2.03. The Kier molecular flexibility index (Phi) is 2.66. The molecule has 72 valence electrons. The molecule has 3 nitrogen and oxygen atoms in total. The number of aryl methyl sites for hydroxylation is 1. The van der Waals surface area contributed by atoms with Crippen molar-refractivity contribution < 1.29 is 0 Å². The summed E-state index contributed by atoms with van der Waals surface area (Å²) in [6.07, 6.45) is 1.82. The standard InChI is InChI=1S/C10H17N3/c1-7-12-6-8(5-11)9(13-7)10(2,3)4/h6H,5,11H2,1-4H3. The number of hydrogen-bond acceptors (Lipinski definition) is 3. The minimum atomic E-state index is 0.0441. The van der Waals surface area contributed by atoms with Gasteiger partial charge in [-0.15, -0.1) is 0 Å². The Balaban J connectivity index is 3.24. The summed E-state index contributed by atoms with van der Waals surface area (Å²) in [5.74, 6) is 0.808. The molecule has 0 aliphatic rings. The number of hydrogen-bond donors (Lipinski definition) is 1. The molecular weight excluding hydrogens is 162 g/mol. The maximum atomic E-state index is 5.62. The van der Waals surface area contributed by atoms with E-state index in [9.17, 15) is 0 Å². The van der Waals surface area contributed by atoms with E-state index in [2.05, 4.69) is 30.7 Å². The van der Waals surface area contributed by atoms with Crippen molar-refractivity contribution in [1.29, 1.82) is 0 Å². The molecule has 1 aromatic heterocycles. The Morgan fingerprint density at radius 2 is 2.00 bits per heavy atom. The van der Waals surface area contributed by atoms with Crippen LogP contribution < -0.4 is 5.73 Å². The summed E-state index contributed by atoms with van der Waals surface area (Å²) >= 11 is 0. The molecule has 2 N–H and O–H groups in total. The second kappa shape index (κ2) is 3.42. The highest BCUT2D eigenvalue weighted by molar-refractivity contribution is 5.23. The summed E-state index contributed by atoms with van der Waals surface area (Å²) in [7, 11) is 0. The van der Waals surface area contributed by atoms with E-state index < -0.39 is 0 Å². The van der Waals surface area contributed by atoms with Crippen LogP contribution in [0.3, 0.4) is 0 Å². The highest BCUT2D eigenvalue weighted by Gasteiger charge is 2.19. The van der Waals surface area contributed by atoms with Gasteiger partial charge < -0.3 is 5.73 Å². The predicted octanol–water partition coefficient (Wildman–Crippen LogP) is 1.54. The summed E-state index contributed by atoms with van der Waals surface area (Å²) in [6, 6.07) is 0. The van der Waals surface area contributed by atoms with Gasteiger partial charge in [-0.1, -0.05) is 20.8 Å². The fraction of sp³-hybridized carbons (Fsp3) is 0.600. The van der Waals surface area contributed by atoms with E-state index in [1.807, 2.05) is 13.1 Å². The van der Waals surface area contributed by atoms with Gasteiger partial charge in [0.05, 0.1) is 5.69 Å². The Morgan fingerprint density at radius 1 is 1.38 bits per heavy atom. The van der Waals surface area contributed by atoms with Crippen LogP contribution in [0.4, 0.5) is 0 Å². The monoisotopic (exact) mass is 179 g/mol. The molecule has 1 aromatic rings. The van der Waals surface area contributed by atoms with Crippen LogP contribution in [0.15, 0.2) is 6.20 Å². The minimum Gasteiger partial charge on any atom is -0.326 e. The zero-order valence-electron chi connectivity index (χ0n) is 8.76. The molecule has 0 bridgehead atoms. The molecule has 0 unspecified atom stereocenters. The van der Waals surface area contributed by atoms with Crippen LogP contribution in [-0.2, 0) is 12.0 Å². The lowest BCUT2D eigenvalue weighted by Gasteiger charge is -2.20. The van der Waals surface area contributed by atoms with E-state index in [0.29, 0.717) is 6.54 Å². The largest absolute Gasteiger partial charge is 0.326 e. The maximum Gasteiger partial charge on any atom is 0.125 e. The molecule has 0 aromatic carbocycles. The fourth-order valence-electron chi connectivity index (χ4n) is 1.29. The van der Waals surface area contributed by atoms with E-state index in [1.54, 1.807) is 0 Å². The van der Waals surface area contributed by atoms with Crippen molar-refractivity contribution >= 4 is 0 Å². The molecule has 0 saturated heterocycles. The van der Waals surface area contributed by atoms with E-state index in [-0.39, 0.29) is 5.41 Å². The molecule has 0 aliphatic heterocycles. The number of nitrogens with zero attached hydrogens (tertiary/aromatic N) is 2. The first-order chi connectivity index (χ1) is 5.95. The molecule has 0 atom stereocenters. The zero-order valence-corrected chi connectivity index (χ0v) is 8.76. The van der Waals surface area contributed by atoms with Gasteiger partial charge in [0, 0.05) is 23.7 Å². The smallest absolute Gasteiger partial charge is 0.125 e. The van der Waals surface area contributed by atoms with Gasteiger partial charge in [0.1, 0.15) is 5.82 Å². The summed E-state index contributed by atoms with van der Waals surface area (Å²) < 4.78 is 0. The summed E-state index contributed by atoms with van der Waals surface area (Å²) in [5, 5.41) is 0. The van der Waals surface area contributed by atoms with Crippen molar-refractivity contribution in [1.82, 2.24) is 9.97 Å². The molecule has 1 heterocycles. The predicted molar refractivity (Wildman–Crippen MR) is 53.4 cm³/mol. The van der Waals surface area contributed by atoms with Gasteiger partial charge >= 0.3 is 0 Å². The zero-order chi connectivity index (χ0) is 10.1. The van der Waals surface area contributed by atoms with Gasteiger partial charge in [0.2, 0.25) is 0 Å². The number of nitrogens with two attached hydrogens (primary N) is 1. The second-order valence-electron chi connectivity index (χ2n) is 4.25. The molecular formula is C10H17N3. The van der Waals surface area contributed by atoms with Crippen molar-refractivity contribution in [2.24, 2.45) is 5.73 Å². The highest BCUT2D eigenvalue weighted by atomic mass is 14.9. The van der Waals surface area contributed by atoms with Gasteiger partial charge in [-0.3, -0.25) is 0 Å². The topological polar surface area (TPSA) is 51.8 Å². The van der Waals surface area contributed by atoms with Gasteiger partial charge in [-0.2, -0.15) is 0 Å². The van der Waals surface area contributed by atoms with Crippen LogP contribution in [0.1, 0.15) is 37.9 Å². The molecule has 1 rings (SSSR count). The second-order valence-corrected chi connectivity index (χ2v) is 4.25. The first kappa shape index (κ1) is 10.1. The highest BCUT2D eigenvalue weighted by Crippen LogP contribution is 2.22. The first-order valence-electron chi connectivity index (χ1n) is 4.48. The molecule has 0 amide bonds. The quantitative estimate of drug-likeness (QED) is 0.711. The minimum absolute atomic E-state index is 0.0441. The van der Waals surface area contributed by atoms with Crippen molar-refractivity contribution in [3.63, 3.8) is 0 Å². The van der Waals surface area contributed by atoms with Crippen LogP contribution in [0.5, 0.6) is 0 Å². The molecule has 0 fully saturated rings. The van der Waals surface area contributed by atoms with Crippen molar-refractivity contribution in [3.8, 4) is 0 Å². The van der Waals surface area contributed by atoms with E-state index in [1.165, 1.54) is 0 Å². The number of aromatic nitrogens is 2. The SMILES string of the molecule is Cc1ncc(CN)c(C(C)(C)C)n1. The van der Waals surface area contributed by atoms with Crippen LogP contribution in [0.2, 0.25) is 0 Å². The summed E-state index contributed by atoms with van der Waals surface area (Å²) in [4.78, 5) is 8.56. The van der Waals surface area contributed by atoms with Gasteiger partial charge in [0.15, 0.2) is 0 Å². The van der Waals surface area contributed by atoms with Crippen LogP contribution in [0.25, 0.3) is 0 Å². The maximum absolute atomic E-state index is 5.62. The lowest BCUT2D eigenvalue weighted by molar-refractivity contribution is 0.555. The third-order valence-corrected chi connectivity index (χ3v) is 1.92. The molecule has 0 spiro atoms. The molecule has 0 radical (unpaired) electrons. The Bertz CT molecular complexity index is 300. The normalized spacial score (nSPS) is 11.8. The Labute approximate surface area is 79.4 Å². The molecule has 3 heteroatoms. The summed E-state index contributed by atoms with van der Waals surface area (Å²) in [6.45, 7) is 8.80. The third kappa shape index (κ3) is 2.25. The van der Waals surface area contributed by atoms with Crippen LogP contribution >= 0.6 is 0 Å². The third-order valence-electron chi connectivity index (χ3n) is 1.92. The Hall–Kier alpha value is -0.960. The lowest BCUT2D eigenvalue weighted by atomic mass is 9.89. The average molecular weight is 179 g/mol.